The molecule has 7 heteroatoms. The Balaban J connectivity index is 2.54. The molecule has 2 aromatic rings. The minimum Gasteiger partial charge on any atom is -0.495 e. The van der Waals surface area contributed by atoms with Crippen molar-refractivity contribution >= 4 is 15.9 Å². The number of hydrogen-bond donors (Lipinski definition) is 1. The van der Waals surface area contributed by atoms with Gasteiger partial charge in [0.15, 0.2) is 0 Å². The van der Waals surface area contributed by atoms with E-state index >= 15 is 0 Å². The van der Waals surface area contributed by atoms with E-state index in [0.29, 0.717) is 15.8 Å². The molecule has 0 aliphatic heterocycles. The average Bonchev–Trinajstić information content (AvgIpc) is 2.80. The average molecular weight is 302 g/mol. The molecule has 0 aliphatic carbocycles. The molecule has 2 rings (SSSR count). The van der Waals surface area contributed by atoms with Crippen LogP contribution in [0.25, 0.3) is 11.4 Å². The number of ether oxygens (including phenoxy) is 1. The van der Waals surface area contributed by atoms with E-state index in [1.165, 1.54) is 19.2 Å². The summed E-state index contributed by atoms with van der Waals surface area (Å²) >= 11 is 3.30. The first kappa shape index (κ1) is 12.0. The van der Waals surface area contributed by atoms with Crippen LogP contribution >= 0.6 is 15.9 Å². The number of nitrogens with zero attached hydrogens (tertiary/aromatic N) is 2. The van der Waals surface area contributed by atoms with Crippen LogP contribution in [-0.4, -0.2) is 17.3 Å². The van der Waals surface area contributed by atoms with E-state index < -0.39 is 5.82 Å². The van der Waals surface area contributed by atoms with E-state index in [9.17, 15) is 4.39 Å². The molecule has 90 valence electrons. The largest absolute Gasteiger partial charge is 0.495 e. The Labute approximate surface area is 105 Å². The second-order valence-corrected chi connectivity index (χ2v) is 3.98. The summed E-state index contributed by atoms with van der Waals surface area (Å²) in [4.78, 5) is 4.02. The molecule has 17 heavy (non-hydrogen) atoms. The second-order valence-electron chi connectivity index (χ2n) is 3.19. The number of hydrogen-bond acceptors (Lipinski definition) is 5. The summed E-state index contributed by atoms with van der Waals surface area (Å²) in [6.07, 6.45) is 0. The van der Waals surface area contributed by atoms with Crippen molar-refractivity contribution in [2.75, 3.05) is 7.11 Å². The third-order valence-corrected chi connectivity index (χ3v) is 2.93. The minimum absolute atomic E-state index is 0.136. The fourth-order valence-electron chi connectivity index (χ4n) is 1.32. The highest BCUT2D eigenvalue weighted by Gasteiger charge is 2.16. The molecule has 0 aliphatic rings. The van der Waals surface area contributed by atoms with Gasteiger partial charge in [-0.15, -0.1) is 0 Å². The second kappa shape index (κ2) is 4.80. The van der Waals surface area contributed by atoms with Crippen molar-refractivity contribution in [2.24, 2.45) is 5.73 Å². The summed E-state index contributed by atoms with van der Waals surface area (Å²) in [5.74, 6) is 0.462. The Morgan fingerprint density at radius 1 is 1.53 bits per heavy atom. The molecule has 0 fully saturated rings. The molecule has 1 heterocycles. The molecule has 5 nitrogen and oxygen atoms in total. The SMILES string of the molecule is COc1cc(F)cc(-c2noc(CN)n2)c1Br. The van der Waals surface area contributed by atoms with Crippen LogP contribution in [0.1, 0.15) is 5.89 Å². The molecular formula is C10H9BrFN3O2. The van der Waals surface area contributed by atoms with Crippen LogP contribution in [0.15, 0.2) is 21.1 Å². The van der Waals surface area contributed by atoms with Gasteiger partial charge in [-0.25, -0.2) is 4.39 Å². The summed E-state index contributed by atoms with van der Waals surface area (Å²) in [6, 6.07) is 2.55. The Morgan fingerprint density at radius 2 is 2.29 bits per heavy atom. The molecule has 2 N–H and O–H groups in total. The van der Waals surface area contributed by atoms with Gasteiger partial charge in [0.25, 0.3) is 0 Å². The lowest BCUT2D eigenvalue weighted by Gasteiger charge is -2.06. The monoisotopic (exact) mass is 301 g/mol. The zero-order valence-corrected chi connectivity index (χ0v) is 10.5. The highest BCUT2D eigenvalue weighted by atomic mass is 79.9. The first-order valence-electron chi connectivity index (χ1n) is 4.71. The fourth-order valence-corrected chi connectivity index (χ4v) is 1.89. The molecule has 0 atom stereocenters. The van der Waals surface area contributed by atoms with Crippen LogP contribution in [0.4, 0.5) is 4.39 Å². The van der Waals surface area contributed by atoms with Gasteiger partial charge in [-0.05, 0) is 22.0 Å². The van der Waals surface area contributed by atoms with Crippen LogP contribution in [-0.2, 0) is 6.54 Å². The standard InChI is InChI=1S/C10H9BrFN3O2/c1-16-7-3-5(12)2-6(9(7)11)10-14-8(4-13)17-15-10/h2-3H,4,13H2,1H3. The lowest BCUT2D eigenvalue weighted by Crippen LogP contribution is -1.96. The van der Waals surface area contributed by atoms with Crippen molar-refractivity contribution in [3.8, 4) is 17.1 Å². The maximum Gasteiger partial charge on any atom is 0.240 e. The van der Waals surface area contributed by atoms with Gasteiger partial charge >= 0.3 is 0 Å². The number of aromatic nitrogens is 2. The van der Waals surface area contributed by atoms with Crippen LogP contribution in [0, 0.1) is 5.82 Å². The molecule has 0 bridgehead atoms. The summed E-state index contributed by atoms with van der Waals surface area (Å²) in [7, 11) is 1.45. The van der Waals surface area contributed by atoms with Crippen molar-refractivity contribution in [3.05, 3.63) is 28.3 Å². The summed E-state index contributed by atoms with van der Waals surface area (Å²) < 4.78 is 23.8. The molecular weight excluding hydrogens is 293 g/mol. The number of halogens is 2. The summed E-state index contributed by atoms with van der Waals surface area (Å²) in [6.45, 7) is 0.136. The van der Waals surface area contributed by atoms with E-state index in [4.69, 9.17) is 15.0 Å². The topological polar surface area (TPSA) is 74.2 Å². The number of methoxy groups -OCH3 is 1. The van der Waals surface area contributed by atoms with Crippen LogP contribution < -0.4 is 10.5 Å². The zero-order valence-electron chi connectivity index (χ0n) is 8.91. The lowest BCUT2D eigenvalue weighted by molar-refractivity contribution is 0.380. The number of benzene rings is 1. The highest BCUT2D eigenvalue weighted by Crippen LogP contribution is 2.35. The van der Waals surface area contributed by atoms with Crippen molar-refractivity contribution in [1.29, 1.82) is 0 Å². The fraction of sp³-hybridized carbons (Fsp3) is 0.200. The van der Waals surface area contributed by atoms with Gasteiger partial charge in [0.05, 0.1) is 18.1 Å². The Kier molecular flexibility index (Phi) is 3.39. The van der Waals surface area contributed by atoms with Gasteiger partial charge in [-0.3, -0.25) is 0 Å². The smallest absolute Gasteiger partial charge is 0.240 e. The maximum absolute atomic E-state index is 13.4. The van der Waals surface area contributed by atoms with Gasteiger partial charge in [0.2, 0.25) is 11.7 Å². The molecule has 1 aromatic heterocycles. The highest BCUT2D eigenvalue weighted by molar-refractivity contribution is 9.10. The quantitative estimate of drug-likeness (QED) is 0.940. The number of rotatable bonds is 3. The predicted octanol–water partition coefficient (Wildman–Crippen LogP) is 2.11. The van der Waals surface area contributed by atoms with E-state index in [0.717, 1.165) is 0 Å². The first-order valence-corrected chi connectivity index (χ1v) is 5.51. The normalized spacial score (nSPS) is 10.6. The van der Waals surface area contributed by atoms with Gasteiger partial charge in [0.1, 0.15) is 11.6 Å². The van der Waals surface area contributed by atoms with Gasteiger partial charge < -0.3 is 15.0 Å². The first-order chi connectivity index (χ1) is 8.15. The van der Waals surface area contributed by atoms with E-state index in [-0.39, 0.29) is 18.3 Å². The predicted molar refractivity (Wildman–Crippen MR) is 61.8 cm³/mol. The maximum atomic E-state index is 13.4. The van der Waals surface area contributed by atoms with Crippen molar-refractivity contribution in [3.63, 3.8) is 0 Å². The van der Waals surface area contributed by atoms with Crippen molar-refractivity contribution in [2.45, 2.75) is 6.54 Å². The summed E-state index contributed by atoms with van der Waals surface area (Å²) in [5.41, 5.74) is 5.81. The molecule has 0 saturated carbocycles. The third kappa shape index (κ3) is 2.29. The molecule has 0 saturated heterocycles. The van der Waals surface area contributed by atoms with Gasteiger partial charge in [0, 0.05) is 11.6 Å². The van der Waals surface area contributed by atoms with Crippen LogP contribution in [0.3, 0.4) is 0 Å². The van der Waals surface area contributed by atoms with Crippen LogP contribution in [0.5, 0.6) is 5.75 Å². The zero-order chi connectivity index (χ0) is 12.4. The number of nitrogens with two attached hydrogens (primary N) is 1. The molecule has 0 radical (unpaired) electrons. The van der Waals surface area contributed by atoms with Crippen molar-refractivity contribution in [1.82, 2.24) is 10.1 Å². The Morgan fingerprint density at radius 3 is 2.88 bits per heavy atom. The van der Waals surface area contributed by atoms with Crippen molar-refractivity contribution < 1.29 is 13.7 Å². The Bertz CT molecular complexity index is 544. The minimum atomic E-state index is -0.445. The van der Waals surface area contributed by atoms with E-state index in [1.807, 2.05) is 0 Å². The molecule has 1 aromatic carbocycles. The van der Waals surface area contributed by atoms with Gasteiger partial charge in [-0.1, -0.05) is 5.16 Å². The van der Waals surface area contributed by atoms with Gasteiger partial charge in [-0.2, -0.15) is 4.98 Å². The molecule has 0 unspecified atom stereocenters. The Hall–Kier alpha value is -1.47. The van der Waals surface area contributed by atoms with E-state index in [1.54, 1.807) is 0 Å². The molecule has 0 spiro atoms. The van der Waals surface area contributed by atoms with Crippen LogP contribution in [0.2, 0.25) is 0 Å². The molecule has 0 amide bonds. The van der Waals surface area contributed by atoms with E-state index in [2.05, 4.69) is 26.1 Å². The third-order valence-electron chi connectivity index (χ3n) is 2.11. The summed E-state index contributed by atoms with van der Waals surface area (Å²) in [5, 5.41) is 3.72. The lowest BCUT2D eigenvalue weighted by atomic mass is 10.2.